The summed E-state index contributed by atoms with van der Waals surface area (Å²) in [4.78, 5) is 2.31. The van der Waals surface area contributed by atoms with E-state index in [1.807, 2.05) is 0 Å². The lowest BCUT2D eigenvalue weighted by Gasteiger charge is -2.34. The summed E-state index contributed by atoms with van der Waals surface area (Å²) in [5.41, 5.74) is 0.730. The molecular formula is C17H36N2. The minimum atomic E-state index is 0.246. The zero-order chi connectivity index (χ0) is 14.7. The molecule has 1 aliphatic rings. The first-order chi connectivity index (χ1) is 8.63. The molecule has 0 amide bonds. The van der Waals surface area contributed by atoms with Gasteiger partial charge in [-0.15, -0.1) is 0 Å². The quantitative estimate of drug-likeness (QED) is 0.778. The first-order valence-electron chi connectivity index (χ1n) is 8.04. The van der Waals surface area contributed by atoms with Crippen molar-refractivity contribution in [2.45, 2.75) is 78.3 Å². The average molecular weight is 268 g/mol. The zero-order valence-corrected chi connectivity index (χ0v) is 14.3. The van der Waals surface area contributed by atoms with Gasteiger partial charge in [0.25, 0.3) is 0 Å². The van der Waals surface area contributed by atoms with Crippen molar-refractivity contribution in [2.24, 2.45) is 11.3 Å². The highest BCUT2D eigenvalue weighted by atomic mass is 15.2. The molecule has 0 heterocycles. The summed E-state index contributed by atoms with van der Waals surface area (Å²) >= 11 is 0. The fourth-order valence-corrected chi connectivity index (χ4v) is 2.92. The van der Waals surface area contributed by atoms with Crippen LogP contribution >= 0.6 is 0 Å². The molecule has 0 radical (unpaired) electrons. The maximum atomic E-state index is 3.81. The van der Waals surface area contributed by atoms with Crippen LogP contribution in [-0.4, -0.2) is 37.1 Å². The fourth-order valence-electron chi connectivity index (χ4n) is 2.92. The SMILES string of the molecule is CN(C)C(C)(C)CNC1CCCC(C(C)(C)C)CC1. The van der Waals surface area contributed by atoms with E-state index in [1.165, 1.54) is 32.1 Å². The van der Waals surface area contributed by atoms with Gasteiger partial charge in [-0.1, -0.05) is 27.2 Å². The summed E-state index contributed by atoms with van der Waals surface area (Å²) in [5, 5.41) is 3.81. The molecule has 1 saturated carbocycles. The van der Waals surface area contributed by atoms with Gasteiger partial charge in [-0.2, -0.15) is 0 Å². The Morgan fingerprint density at radius 2 is 1.58 bits per heavy atom. The molecule has 0 spiro atoms. The lowest BCUT2D eigenvalue weighted by atomic mass is 9.76. The molecule has 2 nitrogen and oxygen atoms in total. The van der Waals surface area contributed by atoms with Crippen LogP contribution in [0, 0.1) is 11.3 Å². The van der Waals surface area contributed by atoms with Gasteiger partial charge in [-0.05, 0) is 65.0 Å². The minimum absolute atomic E-state index is 0.246. The Morgan fingerprint density at radius 1 is 0.947 bits per heavy atom. The number of hydrogen-bond donors (Lipinski definition) is 1. The van der Waals surface area contributed by atoms with Crippen LogP contribution in [0.2, 0.25) is 0 Å². The molecule has 0 aromatic rings. The van der Waals surface area contributed by atoms with Crippen molar-refractivity contribution in [3.63, 3.8) is 0 Å². The topological polar surface area (TPSA) is 15.3 Å². The third-order valence-corrected chi connectivity index (χ3v) is 5.23. The van der Waals surface area contributed by atoms with Crippen molar-refractivity contribution in [3.05, 3.63) is 0 Å². The van der Waals surface area contributed by atoms with E-state index in [4.69, 9.17) is 0 Å². The molecule has 0 saturated heterocycles. The molecule has 2 unspecified atom stereocenters. The zero-order valence-electron chi connectivity index (χ0n) is 14.3. The molecule has 0 bridgehead atoms. The van der Waals surface area contributed by atoms with Crippen LogP contribution in [0.3, 0.4) is 0 Å². The lowest BCUT2D eigenvalue weighted by Crippen LogP contribution is -2.49. The van der Waals surface area contributed by atoms with Gasteiger partial charge < -0.3 is 10.2 Å². The molecule has 0 aliphatic heterocycles. The third-order valence-electron chi connectivity index (χ3n) is 5.23. The van der Waals surface area contributed by atoms with E-state index in [0.717, 1.165) is 18.5 Å². The van der Waals surface area contributed by atoms with Gasteiger partial charge in [0.2, 0.25) is 0 Å². The van der Waals surface area contributed by atoms with Crippen molar-refractivity contribution in [3.8, 4) is 0 Å². The summed E-state index contributed by atoms with van der Waals surface area (Å²) in [6.45, 7) is 12.9. The Morgan fingerprint density at radius 3 is 2.11 bits per heavy atom. The number of hydrogen-bond acceptors (Lipinski definition) is 2. The van der Waals surface area contributed by atoms with Gasteiger partial charge in [-0.25, -0.2) is 0 Å². The second kappa shape index (κ2) is 6.58. The Labute approximate surface area is 121 Å². The molecule has 1 aliphatic carbocycles. The van der Waals surface area contributed by atoms with Gasteiger partial charge in [-0.3, -0.25) is 0 Å². The van der Waals surface area contributed by atoms with Gasteiger partial charge in [0.1, 0.15) is 0 Å². The van der Waals surface area contributed by atoms with Crippen molar-refractivity contribution in [1.29, 1.82) is 0 Å². The Kier molecular flexibility index (Phi) is 5.88. The van der Waals surface area contributed by atoms with Crippen LogP contribution in [-0.2, 0) is 0 Å². The van der Waals surface area contributed by atoms with E-state index in [-0.39, 0.29) is 5.54 Å². The summed E-state index contributed by atoms with van der Waals surface area (Å²) in [5.74, 6) is 0.904. The van der Waals surface area contributed by atoms with E-state index in [9.17, 15) is 0 Å². The van der Waals surface area contributed by atoms with E-state index in [2.05, 4.69) is 58.9 Å². The van der Waals surface area contributed by atoms with Gasteiger partial charge in [0, 0.05) is 18.1 Å². The smallest absolute Gasteiger partial charge is 0.0271 e. The molecule has 2 atom stereocenters. The van der Waals surface area contributed by atoms with Crippen molar-refractivity contribution >= 4 is 0 Å². The first-order valence-corrected chi connectivity index (χ1v) is 8.04. The first kappa shape index (κ1) is 17.0. The molecule has 1 N–H and O–H groups in total. The second-order valence-electron chi connectivity index (χ2n) is 8.36. The third kappa shape index (κ3) is 5.43. The predicted octanol–water partition coefficient (Wildman–Crippen LogP) is 3.91. The molecule has 19 heavy (non-hydrogen) atoms. The number of rotatable bonds is 4. The van der Waals surface area contributed by atoms with E-state index in [1.54, 1.807) is 0 Å². The molecular weight excluding hydrogens is 232 g/mol. The lowest BCUT2D eigenvalue weighted by molar-refractivity contribution is 0.180. The molecule has 0 aromatic heterocycles. The van der Waals surface area contributed by atoms with Gasteiger partial charge in [0.05, 0.1) is 0 Å². The summed E-state index contributed by atoms with van der Waals surface area (Å²) in [6.07, 6.45) is 6.91. The minimum Gasteiger partial charge on any atom is -0.312 e. The van der Waals surface area contributed by atoms with Crippen molar-refractivity contribution in [2.75, 3.05) is 20.6 Å². The van der Waals surface area contributed by atoms with Gasteiger partial charge in [0.15, 0.2) is 0 Å². The Balaban J connectivity index is 2.42. The van der Waals surface area contributed by atoms with Crippen molar-refractivity contribution < 1.29 is 0 Å². The summed E-state index contributed by atoms with van der Waals surface area (Å²) in [6, 6.07) is 0.728. The van der Waals surface area contributed by atoms with E-state index < -0.39 is 0 Å². The second-order valence-corrected chi connectivity index (χ2v) is 8.36. The number of nitrogens with one attached hydrogen (secondary N) is 1. The largest absolute Gasteiger partial charge is 0.312 e. The normalized spacial score (nSPS) is 26.5. The van der Waals surface area contributed by atoms with Crippen LogP contribution < -0.4 is 5.32 Å². The number of nitrogens with zero attached hydrogens (tertiary/aromatic N) is 1. The highest BCUT2D eigenvalue weighted by molar-refractivity contribution is 4.85. The van der Waals surface area contributed by atoms with Crippen molar-refractivity contribution in [1.82, 2.24) is 10.2 Å². The highest BCUT2D eigenvalue weighted by Crippen LogP contribution is 2.36. The molecule has 1 fully saturated rings. The monoisotopic (exact) mass is 268 g/mol. The van der Waals surface area contributed by atoms with Crippen LogP contribution in [0.25, 0.3) is 0 Å². The molecule has 0 aromatic carbocycles. The average Bonchev–Trinajstić information content (AvgIpc) is 2.50. The van der Waals surface area contributed by atoms with Crippen LogP contribution in [0.5, 0.6) is 0 Å². The molecule has 1 rings (SSSR count). The van der Waals surface area contributed by atoms with Crippen LogP contribution in [0.4, 0.5) is 0 Å². The maximum Gasteiger partial charge on any atom is 0.0271 e. The van der Waals surface area contributed by atoms with Crippen LogP contribution in [0.1, 0.15) is 66.7 Å². The highest BCUT2D eigenvalue weighted by Gasteiger charge is 2.28. The molecule has 114 valence electrons. The molecule has 2 heteroatoms. The Bertz CT molecular complexity index is 263. The summed E-state index contributed by atoms with van der Waals surface area (Å²) < 4.78 is 0. The predicted molar refractivity (Wildman–Crippen MR) is 85.6 cm³/mol. The Hall–Kier alpha value is -0.0800. The number of likely N-dealkylation sites (N-methyl/N-ethyl adjacent to an activating group) is 1. The standard InChI is InChI=1S/C17H36N2/c1-16(2,3)14-9-8-10-15(12-11-14)18-13-17(4,5)19(6)7/h14-15,18H,8-13H2,1-7H3. The maximum absolute atomic E-state index is 3.81. The van der Waals surface area contributed by atoms with E-state index in [0.29, 0.717) is 5.41 Å². The fraction of sp³-hybridized carbons (Fsp3) is 1.00. The summed E-state index contributed by atoms with van der Waals surface area (Å²) in [7, 11) is 4.34. The van der Waals surface area contributed by atoms with E-state index >= 15 is 0 Å². The van der Waals surface area contributed by atoms with Gasteiger partial charge >= 0.3 is 0 Å². The van der Waals surface area contributed by atoms with Crippen LogP contribution in [0.15, 0.2) is 0 Å².